The quantitative estimate of drug-likeness (QED) is 0.376. The van der Waals surface area contributed by atoms with Crippen LogP contribution in [-0.2, 0) is 0 Å². The zero-order chi connectivity index (χ0) is 15.1. The Balaban J connectivity index is 2.11. The fourth-order valence-electron chi connectivity index (χ4n) is 3.02. The monoisotopic (exact) mass is 320 g/mol. The van der Waals surface area contributed by atoms with Gasteiger partial charge in [-0.25, -0.2) is 0 Å². The highest BCUT2D eigenvalue weighted by molar-refractivity contribution is 7.14. The molecular formula is C20H16S2. The van der Waals surface area contributed by atoms with Gasteiger partial charge in [-0.2, -0.15) is 0 Å². The van der Waals surface area contributed by atoms with Crippen LogP contribution >= 0.6 is 22.7 Å². The maximum absolute atomic E-state index is 2.26. The van der Waals surface area contributed by atoms with Crippen molar-refractivity contribution in [2.45, 2.75) is 13.8 Å². The highest BCUT2D eigenvalue weighted by Gasteiger charge is 2.14. The van der Waals surface area contributed by atoms with Crippen molar-refractivity contribution in [3.63, 3.8) is 0 Å². The molecule has 4 rings (SSSR count). The summed E-state index contributed by atoms with van der Waals surface area (Å²) >= 11 is 3.66. The van der Waals surface area contributed by atoms with Crippen LogP contribution in [0.1, 0.15) is 11.1 Å². The molecule has 0 aliphatic carbocycles. The Hall–Kier alpha value is -1.90. The molecule has 0 bridgehead atoms. The zero-order valence-electron chi connectivity index (χ0n) is 12.6. The third kappa shape index (κ3) is 2.11. The Morgan fingerprint density at radius 1 is 0.636 bits per heavy atom. The van der Waals surface area contributed by atoms with Crippen LogP contribution in [0.5, 0.6) is 0 Å². The second-order valence-corrected chi connectivity index (χ2v) is 7.41. The maximum atomic E-state index is 2.26. The van der Waals surface area contributed by atoms with E-state index in [9.17, 15) is 0 Å². The SMILES string of the molecule is Cc1ccsc1-c1cccc2cccc(-c3sccc3C)c12. The number of benzene rings is 2. The lowest BCUT2D eigenvalue weighted by Gasteiger charge is -2.11. The lowest BCUT2D eigenvalue weighted by molar-refractivity contribution is 1.54. The molecule has 2 heterocycles. The van der Waals surface area contributed by atoms with Gasteiger partial charge in [0.25, 0.3) is 0 Å². The Bertz CT molecular complexity index is 882. The van der Waals surface area contributed by atoms with E-state index in [2.05, 4.69) is 73.1 Å². The fourth-order valence-corrected chi connectivity index (χ4v) is 4.94. The summed E-state index contributed by atoms with van der Waals surface area (Å²) < 4.78 is 0. The van der Waals surface area contributed by atoms with E-state index in [-0.39, 0.29) is 0 Å². The molecule has 0 aliphatic rings. The fraction of sp³-hybridized carbons (Fsp3) is 0.100. The van der Waals surface area contributed by atoms with Gasteiger partial charge in [-0.1, -0.05) is 36.4 Å². The number of rotatable bonds is 2. The highest BCUT2D eigenvalue weighted by atomic mass is 32.1. The minimum Gasteiger partial charge on any atom is -0.144 e. The molecule has 108 valence electrons. The molecule has 0 N–H and O–H groups in total. The molecule has 0 saturated heterocycles. The van der Waals surface area contributed by atoms with Gasteiger partial charge in [0.15, 0.2) is 0 Å². The third-order valence-electron chi connectivity index (χ3n) is 4.12. The van der Waals surface area contributed by atoms with Gasteiger partial charge in [-0.05, 0) is 58.6 Å². The molecule has 0 atom stereocenters. The average Bonchev–Trinajstić information content (AvgIpc) is 3.14. The van der Waals surface area contributed by atoms with Gasteiger partial charge in [0.05, 0.1) is 0 Å². The predicted molar refractivity (Wildman–Crippen MR) is 100 cm³/mol. The van der Waals surface area contributed by atoms with Crippen molar-refractivity contribution in [2.24, 2.45) is 0 Å². The Morgan fingerprint density at radius 3 is 1.55 bits per heavy atom. The van der Waals surface area contributed by atoms with Gasteiger partial charge in [-0.3, -0.25) is 0 Å². The first-order valence-corrected chi connectivity index (χ1v) is 9.12. The smallest absolute Gasteiger partial charge is 0.0378 e. The van der Waals surface area contributed by atoms with E-state index in [4.69, 9.17) is 0 Å². The summed E-state index contributed by atoms with van der Waals surface area (Å²) in [6.07, 6.45) is 0. The van der Waals surface area contributed by atoms with Crippen LogP contribution in [0, 0.1) is 13.8 Å². The molecule has 0 nitrogen and oxygen atoms in total. The van der Waals surface area contributed by atoms with Gasteiger partial charge < -0.3 is 0 Å². The molecule has 0 amide bonds. The highest BCUT2D eigenvalue weighted by Crippen LogP contribution is 2.41. The Kier molecular flexibility index (Phi) is 3.36. The normalized spacial score (nSPS) is 11.2. The Morgan fingerprint density at radius 2 is 1.14 bits per heavy atom. The van der Waals surface area contributed by atoms with E-state index in [1.54, 1.807) is 0 Å². The first-order valence-electron chi connectivity index (χ1n) is 7.36. The van der Waals surface area contributed by atoms with Crippen molar-refractivity contribution in [2.75, 3.05) is 0 Å². The molecule has 22 heavy (non-hydrogen) atoms. The van der Waals surface area contributed by atoms with E-state index in [1.807, 2.05) is 22.7 Å². The molecule has 2 aromatic heterocycles. The largest absolute Gasteiger partial charge is 0.144 e. The number of thiophene rings is 2. The summed E-state index contributed by atoms with van der Waals surface area (Å²) in [4.78, 5) is 2.76. The van der Waals surface area contributed by atoms with Crippen LogP contribution in [0.4, 0.5) is 0 Å². The van der Waals surface area contributed by atoms with E-state index >= 15 is 0 Å². The number of fused-ring (bicyclic) bond motifs is 1. The van der Waals surface area contributed by atoms with Crippen LogP contribution < -0.4 is 0 Å². The van der Waals surface area contributed by atoms with Gasteiger partial charge in [0, 0.05) is 20.9 Å². The molecule has 2 aromatic carbocycles. The first-order chi connectivity index (χ1) is 10.8. The molecule has 2 heteroatoms. The summed E-state index contributed by atoms with van der Waals surface area (Å²) in [7, 11) is 0. The van der Waals surface area contributed by atoms with Crippen LogP contribution in [-0.4, -0.2) is 0 Å². The molecule has 0 spiro atoms. The van der Waals surface area contributed by atoms with Crippen LogP contribution in [0.15, 0.2) is 59.3 Å². The van der Waals surface area contributed by atoms with Gasteiger partial charge in [0.1, 0.15) is 0 Å². The predicted octanol–water partition coefficient (Wildman–Crippen LogP) is 6.91. The maximum Gasteiger partial charge on any atom is 0.0378 e. The van der Waals surface area contributed by atoms with E-state index in [1.165, 1.54) is 42.8 Å². The molecule has 0 saturated carbocycles. The minimum atomic E-state index is 1.32. The van der Waals surface area contributed by atoms with Crippen molar-refractivity contribution in [1.29, 1.82) is 0 Å². The third-order valence-corrected chi connectivity index (χ3v) is 6.22. The van der Waals surface area contributed by atoms with E-state index < -0.39 is 0 Å². The van der Waals surface area contributed by atoms with Crippen molar-refractivity contribution in [1.82, 2.24) is 0 Å². The number of aryl methyl sites for hydroxylation is 2. The molecule has 0 radical (unpaired) electrons. The Labute approximate surface area is 138 Å². The summed E-state index contributed by atoms with van der Waals surface area (Å²) in [6.45, 7) is 4.40. The standard InChI is InChI=1S/C20H16S2/c1-13-9-11-21-19(13)16-7-3-5-15-6-4-8-17(18(15)16)20-14(2)10-12-22-20/h3-12H,1-2H3. The second-order valence-electron chi connectivity index (χ2n) is 5.57. The van der Waals surface area contributed by atoms with Crippen molar-refractivity contribution in [3.8, 4) is 20.9 Å². The summed E-state index contributed by atoms with van der Waals surface area (Å²) in [5.74, 6) is 0. The van der Waals surface area contributed by atoms with E-state index in [0.717, 1.165) is 0 Å². The lowest BCUT2D eigenvalue weighted by atomic mass is 9.95. The van der Waals surface area contributed by atoms with Crippen LogP contribution in [0.25, 0.3) is 31.7 Å². The first kappa shape index (κ1) is 13.7. The summed E-state index contributed by atoms with van der Waals surface area (Å²) in [6, 6.07) is 17.7. The van der Waals surface area contributed by atoms with Crippen molar-refractivity contribution >= 4 is 33.4 Å². The minimum absolute atomic E-state index is 1.32. The van der Waals surface area contributed by atoms with Crippen molar-refractivity contribution < 1.29 is 0 Å². The number of hydrogen-bond acceptors (Lipinski definition) is 2. The molecular weight excluding hydrogens is 304 g/mol. The molecule has 0 unspecified atom stereocenters. The van der Waals surface area contributed by atoms with Crippen LogP contribution in [0.2, 0.25) is 0 Å². The van der Waals surface area contributed by atoms with Gasteiger partial charge in [0.2, 0.25) is 0 Å². The summed E-state index contributed by atoms with van der Waals surface area (Å²) in [5.41, 5.74) is 5.42. The zero-order valence-corrected chi connectivity index (χ0v) is 14.2. The summed E-state index contributed by atoms with van der Waals surface area (Å²) in [5, 5.41) is 7.06. The van der Waals surface area contributed by atoms with Crippen molar-refractivity contribution in [3.05, 3.63) is 70.4 Å². The lowest BCUT2D eigenvalue weighted by Crippen LogP contribution is -1.85. The van der Waals surface area contributed by atoms with Gasteiger partial charge >= 0.3 is 0 Å². The van der Waals surface area contributed by atoms with E-state index in [0.29, 0.717) is 0 Å². The van der Waals surface area contributed by atoms with Crippen LogP contribution in [0.3, 0.4) is 0 Å². The topological polar surface area (TPSA) is 0 Å². The van der Waals surface area contributed by atoms with Gasteiger partial charge in [-0.15, -0.1) is 22.7 Å². The number of hydrogen-bond donors (Lipinski definition) is 0. The molecule has 0 aliphatic heterocycles. The molecule has 0 fully saturated rings. The average molecular weight is 320 g/mol. The molecule has 4 aromatic rings. The second kappa shape index (κ2) is 5.38.